The Bertz CT molecular complexity index is 494. The van der Waals surface area contributed by atoms with E-state index in [9.17, 15) is 4.79 Å². The van der Waals surface area contributed by atoms with Crippen LogP contribution in [0.1, 0.15) is 21.5 Å². The molecule has 0 aliphatic rings. The lowest BCUT2D eigenvalue weighted by molar-refractivity contribution is 0.0586. The van der Waals surface area contributed by atoms with Crippen molar-refractivity contribution in [2.24, 2.45) is 5.73 Å². The highest BCUT2D eigenvalue weighted by Gasteiger charge is 2.18. The Hall–Kier alpha value is -1.73. The number of nitrogens with two attached hydrogens (primary N) is 1. The molecule has 1 atom stereocenters. The third-order valence-electron chi connectivity index (χ3n) is 2.29. The summed E-state index contributed by atoms with van der Waals surface area (Å²) in [4.78, 5) is 16.2. The van der Waals surface area contributed by atoms with Crippen LogP contribution in [0, 0.1) is 0 Å². The number of ether oxygens (including phenoxy) is 1. The second kappa shape index (κ2) is 5.07. The van der Waals surface area contributed by atoms with Gasteiger partial charge in [0.05, 0.1) is 7.11 Å². The lowest BCUT2D eigenvalue weighted by Crippen LogP contribution is -2.20. The van der Waals surface area contributed by atoms with Crippen molar-refractivity contribution in [3.05, 3.63) is 34.5 Å². The van der Waals surface area contributed by atoms with Gasteiger partial charge in [0.2, 0.25) is 0 Å². The minimum atomic E-state index is -0.550. The maximum Gasteiger partial charge on any atom is 0.377 e. The molecule has 6 nitrogen and oxygen atoms in total. The van der Waals surface area contributed by atoms with Gasteiger partial charge in [0.25, 0.3) is 5.82 Å². The fraction of sp³-hybridized carbons (Fsp3) is 0.300. The summed E-state index contributed by atoms with van der Waals surface area (Å²) in [6.45, 7) is 0.393. The van der Waals surface area contributed by atoms with Crippen molar-refractivity contribution in [1.29, 1.82) is 0 Å². The molecule has 0 amide bonds. The molecular formula is C10H12N4O2S. The molecule has 0 aliphatic heterocycles. The topological polar surface area (TPSA) is 83.0 Å². The number of hydrogen-bond donors (Lipinski definition) is 1. The average molecular weight is 252 g/mol. The molecule has 0 bridgehead atoms. The summed E-state index contributed by atoms with van der Waals surface area (Å²) in [6.07, 6.45) is 1.49. The lowest BCUT2D eigenvalue weighted by Gasteiger charge is -2.12. The van der Waals surface area contributed by atoms with Gasteiger partial charge in [0.1, 0.15) is 12.4 Å². The van der Waals surface area contributed by atoms with Crippen LogP contribution in [0.15, 0.2) is 23.8 Å². The van der Waals surface area contributed by atoms with Gasteiger partial charge in [-0.3, -0.25) is 0 Å². The summed E-state index contributed by atoms with van der Waals surface area (Å²) >= 11 is 1.59. The van der Waals surface area contributed by atoms with Crippen molar-refractivity contribution in [2.45, 2.75) is 6.04 Å². The molecule has 7 heteroatoms. The van der Waals surface area contributed by atoms with E-state index in [0.717, 1.165) is 4.88 Å². The quantitative estimate of drug-likeness (QED) is 0.809. The van der Waals surface area contributed by atoms with Gasteiger partial charge in [-0.15, -0.1) is 16.4 Å². The lowest BCUT2D eigenvalue weighted by atomic mass is 10.2. The van der Waals surface area contributed by atoms with Gasteiger partial charge in [-0.2, -0.15) is 0 Å². The molecule has 1 unspecified atom stereocenters. The Kier molecular flexibility index (Phi) is 3.50. The minimum Gasteiger partial charge on any atom is -0.463 e. The number of nitrogens with zero attached hydrogens (tertiary/aromatic N) is 3. The first-order valence-electron chi connectivity index (χ1n) is 4.99. The number of thiophene rings is 1. The van der Waals surface area contributed by atoms with E-state index in [0.29, 0.717) is 6.54 Å². The zero-order valence-corrected chi connectivity index (χ0v) is 10.1. The van der Waals surface area contributed by atoms with Gasteiger partial charge in [0, 0.05) is 11.4 Å². The Morgan fingerprint density at radius 2 is 2.53 bits per heavy atom. The second-order valence-corrected chi connectivity index (χ2v) is 4.29. The van der Waals surface area contributed by atoms with Crippen molar-refractivity contribution in [2.75, 3.05) is 13.7 Å². The van der Waals surface area contributed by atoms with Crippen molar-refractivity contribution < 1.29 is 9.53 Å². The first-order valence-corrected chi connectivity index (χ1v) is 5.87. The molecule has 2 rings (SSSR count). The Morgan fingerprint density at radius 1 is 1.71 bits per heavy atom. The van der Waals surface area contributed by atoms with Crippen LogP contribution in [-0.2, 0) is 4.74 Å². The number of hydrogen-bond acceptors (Lipinski definition) is 6. The molecule has 0 aliphatic carbocycles. The van der Waals surface area contributed by atoms with Gasteiger partial charge in [-0.05, 0) is 11.4 Å². The average Bonchev–Trinajstić information content (AvgIpc) is 3.00. The van der Waals surface area contributed by atoms with Crippen LogP contribution in [-0.4, -0.2) is 34.4 Å². The highest BCUT2D eigenvalue weighted by atomic mass is 32.1. The van der Waals surface area contributed by atoms with E-state index >= 15 is 0 Å². The zero-order chi connectivity index (χ0) is 12.3. The standard InChI is InChI=1S/C10H12N4O2S/c1-16-10(15)9-12-6-14(13-9)7(5-11)8-3-2-4-17-8/h2-4,6-7H,5,11H2,1H3. The number of esters is 1. The van der Waals surface area contributed by atoms with Crippen LogP contribution >= 0.6 is 11.3 Å². The van der Waals surface area contributed by atoms with Gasteiger partial charge in [-0.25, -0.2) is 14.5 Å². The van der Waals surface area contributed by atoms with E-state index in [1.54, 1.807) is 16.0 Å². The molecule has 0 saturated heterocycles. The van der Waals surface area contributed by atoms with Crippen LogP contribution in [0.4, 0.5) is 0 Å². The highest BCUT2D eigenvalue weighted by molar-refractivity contribution is 7.10. The smallest absolute Gasteiger partial charge is 0.377 e. The van der Waals surface area contributed by atoms with Crippen LogP contribution in [0.5, 0.6) is 0 Å². The first kappa shape index (κ1) is 11.7. The van der Waals surface area contributed by atoms with E-state index in [4.69, 9.17) is 5.73 Å². The zero-order valence-electron chi connectivity index (χ0n) is 9.24. The van der Waals surface area contributed by atoms with E-state index in [-0.39, 0.29) is 11.9 Å². The summed E-state index contributed by atoms with van der Waals surface area (Å²) in [7, 11) is 1.29. The number of aromatic nitrogens is 3. The van der Waals surface area contributed by atoms with Gasteiger partial charge in [0.15, 0.2) is 0 Å². The SMILES string of the molecule is COC(=O)c1ncn(C(CN)c2cccs2)n1. The van der Waals surface area contributed by atoms with Gasteiger partial charge >= 0.3 is 5.97 Å². The van der Waals surface area contributed by atoms with Crippen molar-refractivity contribution in [1.82, 2.24) is 14.8 Å². The molecular weight excluding hydrogens is 240 g/mol. The van der Waals surface area contributed by atoms with E-state index in [1.807, 2.05) is 17.5 Å². The maximum atomic E-state index is 11.2. The summed E-state index contributed by atoms with van der Waals surface area (Å²) in [5, 5.41) is 6.03. The third kappa shape index (κ3) is 2.34. The van der Waals surface area contributed by atoms with Crippen molar-refractivity contribution in [3.63, 3.8) is 0 Å². The number of carbonyl (C=O) groups is 1. The summed E-state index contributed by atoms with van der Waals surface area (Å²) in [6, 6.07) is 3.82. The third-order valence-corrected chi connectivity index (χ3v) is 3.26. The summed E-state index contributed by atoms with van der Waals surface area (Å²) in [5.41, 5.74) is 5.72. The van der Waals surface area contributed by atoms with Crippen LogP contribution < -0.4 is 5.73 Å². The summed E-state index contributed by atoms with van der Waals surface area (Å²) in [5.74, 6) is -0.506. The van der Waals surface area contributed by atoms with E-state index in [1.165, 1.54) is 13.4 Å². The Labute approximate surface area is 102 Å². The number of methoxy groups -OCH3 is 1. The predicted octanol–water partition coefficient (Wildman–Crippen LogP) is 0.674. The number of carbonyl (C=O) groups excluding carboxylic acids is 1. The van der Waals surface area contributed by atoms with E-state index < -0.39 is 5.97 Å². The fourth-order valence-corrected chi connectivity index (χ4v) is 2.28. The molecule has 2 N–H and O–H groups in total. The largest absolute Gasteiger partial charge is 0.463 e. The van der Waals surface area contributed by atoms with E-state index in [2.05, 4.69) is 14.8 Å². The molecule has 17 heavy (non-hydrogen) atoms. The first-order chi connectivity index (χ1) is 8.26. The van der Waals surface area contributed by atoms with Crippen LogP contribution in [0.2, 0.25) is 0 Å². The molecule has 2 aromatic rings. The van der Waals surface area contributed by atoms with Gasteiger partial charge in [-0.1, -0.05) is 6.07 Å². The molecule has 0 aromatic carbocycles. The molecule has 2 aromatic heterocycles. The van der Waals surface area contributed by atoms with Crippen molar-refractivity contribution in [3.8, 4) is 0 Å². The fourth-order valence-electron chi connectivity index (χ4n) is 1.45. The number of rotatable bonds is 4. The van der Waals surface area contributed by atoms with Crippen LogP contribution in [0.3, 0.4) is 0 Å². The van der Waals surface area contributed by atoms with Gasteiger partial charge < -0.3 is 10.5 Å². The second-order valence-electron chi connectivity index (χ2n) is 3.31. The molecule has 2 heterocycles. The van der Waals surface area contributed by atoms with Crippen molar-refractivity contribution >= 4 is 17.3 Å². The molecule has 0 saturated carbocycles. The monoisotopic (exact) mass is 252 g/mol. The Morgan fingerprint density at radius 3 is 3.12 bits per heavy atom. The molecule has 0 radical (unpaired) electrons. The maximum absolute atomic E-state index is 11.2. The summed E-state index contributed by atoms with van der Waals surface area (Å²) < 4.78 is 6.13. The highest BCUT2D eigenvalue weighted by Crippen LogP contribution is 2.21. The normalized spacial score (nSPS) is 12.4. The molecule has 0 fully saturated rings. The minimum absolute atomic E-state index is 0.0440. The molecule has 0 spiro atoms. The Balaban J connectivity index is 2.26. The molecule has 90 valence electrons. The predicted molar refractivity (Wildman–Crippen MR) is 62.9 cm³/mol. The van der Waals surface area contributed by atoms with Crippen LogP contribution in [0.25, 0.3) is 0 Å².